The highest BCUT2D eigenvalue weighted by Gasteiger charge is 2.27. The van der Waals surface area contributed by atoms with Crippen molar-refractivity contribution in [1.82, 2.24) is 4.57 Å². The molecular weight excluding hydrogens is 470 g/mol. The van der Waals surface area contributed by atoms with Crippen LogP contribution in [-0.4, -0.2) is 41.3 Å². The molecule has 1 unspecified atom stereocenters. The molecule has 2 aliphatic rings. The van der Waals surface area contributed by atoms with Crippen LogP contribution in [0.2, 0.25) is 0 Å². The molecule has 0 spiro atoms. The van der Waals surface area contributed by atoms with Crippen LogP contribution in [0.25, 0.3) is 22.2 Å². The van der Waals surface area contributed by atoms with Crippen molar-refractivity contribution in [1.29, 1.82) is 0 Å². The smallest absolute Gasteiger partial charge is 0.224 e. The first-order valence-corrected chi connectivity index (χ1v) is 14.2. The lowest BCUT2D eigenvalue weighted by Crippen LogP contribution is -2.18. The number of rotatable bonds is 10. The number of hydrogen-bond donors (Lipinski definition) is 2. The van der Waals surface area contributed by atoms with Crippen LogP contribution in [0.3, 0.4) is 0 Å². The Bertz CT molecular complexity index is 1190. The number of ether oxygens (including phenoxy) is 2. The van der Waals surface area contributed by atoms with Gasteiger partial charge in [-0.15, -0.1) is 0 Å². The second kappa shape index (κ2) is 11.2. The second-order valence-electron chi connectivity index (χ2n) is 10.3. The van der Waals surface area contributed by atoms with Crippen molar-refractivity contribution in [2.24, 2.45) is 5.92 Å². The Morgan fingerprint density at radius 3 is 2.67 bits per heavy atom. The molecule has 1 saturated carbocycles. The third-order valence-electron chi connectivity index (χ3n) is 7.08. The molecule has 1 atom stereocenters. The van der Waals surface area contributed by atoms with Crippen LogP contribution >= 0.6 is 11.8 Å². The summed E-state index contributed by atoms with van der Waals surface area (Å²) in [7, 11) is 0. The first-order valence-electron chi connectivity index (χ1n) is 13.2. The van der Waals surface area contributed by atoms with Gasteiger partial charge in [0.05, 0.1) is 30.1 Å². The van der Waals surface area contributed by atoms with Gasteiger partial charge in [0, 0.05) is 52.8 Å². The van der Waals surface area contributed by atoms with Crippen molar-refractivity contribution in [2.45, 2.75) is 57.2 Å². The first-order chi connectivity index (χ1) is 17.5. The maximum atomic E-state index is 12.2. The van der Waals surface area contributed by atoms with Gasteiger partial charge in [0.25, 0.3) is 0 Å². The molecule has 1 saturated heterocycles. The molecule has 1 aliphatic carbocycles. The molecule has 6 nitrogen and oxygen atoms in total. The summed E-state index contributed by atoms with van der Waals surface area (Å²) >= 11 is 1.94. The normalized spacial score (nSPS) is 18.0. The van der Waals surface area contributed by atoms with Crippen molar-refractivity contribution in [3.63, 3.8) is 0 Å². The number of nitrogens with zero attached hydrogens (tertiary/aromatic N) is 1. The van der Waals surface area contributed by atoms with Crippen molar-refractivity contribution in [3.8, 4) is 17.0 Å². The van der Waals surface area contributed by atoms with Crippen molar-refractivity contribution in [3.05, 3.63) is 42.5 Å². The summed E-state index contributed by atoms with van der Waals surface area (Å²) in [5.41, 5.74) is 11.6. The molecule has 1 aliphatic heterocycles. The number of carbonyl (C=O) groups excluding carboxylic acids is 1. The number of nitrogen functional groups attached to an aromatic ring is 1. The third kappa shape index (κ3) is 5.52. The Balaban J connectivity index is 1.37. The molecule has 3 aromatic rings. The minimum Gasteiger partial charge on any atom is -0.493 e. The summed E-state index contributed by atoms with van der Waals surface area (Å²) in [5, 5.41) is 4.67. The Morgan fingerprint density at radius 1 is 1.19 bits per heavy atom. The lowest BCUT2D eigenvalue weighted by atomic mass is 9.92. The van der Waals surface area contributed by atoms with E-state index in [9.17, 15) is 4.79 Å². The molecule has 2 aromatic carbocycles. The fourth-order valence-corrected chi connectivity index (χ4v) is 6.01. The molecule has 36 heavy (non-hydrogen) atoms. The van der Waals surface area contributed by atoms with E-state index in [4.69, 9.17) is 15.2 Å². The number of nitrogens with two attached hydrogens (primary N) is 1. The minimum absolute atomic E-state index is 0.0448. The van der Waals surface area contributed by atoms with Gasteiger partial charge in [0.15, 0.2) is 0 Å². The van der Waals surface area contributed by atoms with Crippen molar-refractivity contribution in [2.75, 3.05) is 36.6 Å². The van der Waals surface area contributed by atoms with Gasteiger partial charge in [-0.05, 0) is 55.9 Å². The molecule has 1 aromatic heterocycles. The number of nitrogens with one attached hydrogen (secondary N) is 1. The number of amides is 1. The van der Waals surface area contributed by atoms with E-state index >= 15 is 0 Å². The van der Waals surface area contributed by atoms with Crippen molar-refractivity contribution >= 4 is 39.9 Å². The Kier molecular flexibility index (Phi) is 7.77. The van der Waals surface area contributed by atoms with Gasteiger partial charge in [-0.2, -0.15) is 11.8 Å². The zero-order valence-electron chi connectivity index (χ0n) is 21.3. The Hall–Kier alpha value is -2.64. The summed E-state index contributed by atoms with van der Waals surface area (Å²) < 4.78 is 14.0. The minimum atomic E-state index is 0.0448. The lowest BCUT2D eigenvalue weighted by Gasteiger charge is -2.30. The molecule has 192 valence electrons. The van der Waals surface area contributed by atoms with E-state index in [0.29, 0.717) is 30.2 Å². The molecule has 5 rings (SSSR count). The molecule has 7 heteroatoms. The highest BCUT2D eigenvalue weighted by molar-refractivity contribution is 7.99. The zero-order valence-corrected chi connectivity index (χ0v) is 22.1. The van der Waals surface area contributed by atoms with Gasteiger partial charge in [-0.3, -0.25) is 4.79 Å². The van der Waals surface area contributed by atoms with Crippen LogP contribution in [0, 0.1) is 5.92 Å². The zero-order chi connectivity index (χ0) is 25.1. The summed E-state index contributed by atoms with van der Waals surface area (Å²) in [6.45, 7) is 6.52. The number of anilines is 2. The van der Waals surface area contributed by atoms with Gasteiger partial charge in [-0.25, -0.2) is 0 Å². The predicted molar refractivity (Wildman–Crippen MR) is 150 cm³/mol. The molecular formula is C29H37N3O3S. The van der Waals surface area contributed by atoms with E-state index < -0.39 is 0 Å². The molecule has 2 heterocycles. The third-order valence-corrected chi connectivity index (χ3v) is 8.33. The standard InChI is InChI=1S/C29H37N3O3S/c1-19(2)16-27(33)31-21-8-6-20(7-9-21)29-28(30)25-11-10-23(17-26(25)32(29)22-4-3-5-22)35-14-15-36-24-12-13-34-18-24/h6-11,17,19,22,24H,3-5,12-16,18,30H2,1-2H3,(H,31,33). The van der Waals surface area contributed by atoms with Gasteiger partial charge < -0.3 is 25.1 Å². The Labute approximate surface area is 217 Å². The van der Waals surface area contributed by atoms with E-state index in [0.717, 1.165) is 77.5 Å². The van der Waals surface area contributed by atoms with Gasteiger partial charge in [-0.1, -0.05) is 26.0 Å². The van der Waals surface area contributed by atoms with Crippen LogP contribution in [0.4, 0.5) is 11.4 Å². The summed E-state index contributed by atoms with van der Waals surface area (Å²) in [4.78, 5) is 12.2. The van der Waals surface area contributed by atoms with E-state index in [-0.39, 0.29) is 5.91 Å². The monoisotopic (exact) mass is 507 g/mol. The van der Waals surface area contributed by atoms with Gasteiger partial charge in [0.1, 0.15) is 5.75 Å². The summed E-state index contributed by atoms with van der Waals surface area (Å²) in [6, 6.07) is 14.8. The Morgan fingerprint density at radius 2 is 2.00 bits per heavy atom. The molecule has 3 N–H and O–H groups in total. The molecule has 0 radical (unpaired) electrons. The topological polar surface area (TPSA) is 78.5 Å². The summed E-state index contributed by atoms with van der Waals surface area (Å²) in [5.74, 6) is 2.22. The fourth-order valence-electron chi connectivity index (χ4n) is 5.04. The molecule has 1 amide bonds. The van der Waals surface area contributed by atoms with Crippen LogP contribution in [0.5, 0.6) is 5.75 Å². The highest BCUT2D eigenvalue weighted by Crippen LogP contribution is 2.45. The van der Waals surface area contributed by atoms with E-state index in [2.05, 4.69) is 34.1 Å². The van der Waals surface area contributed by atoms with Crippen LogP contribution in [-0.2, 0) is 9.53 Å². The second-order valence-corrected chi connectivity index (χ2v) is 11.7. The average Bonchev–Trinajstić information content (AvgIpc) is 3.43. The predicted octanol–water partition coefficient (Wildman–Crippen LogP) is 6.50. The number of fused-ring (bicyclic) bond motifs is 1. The largest absolute Gasteiger partial charge is 0.493 e. The number of aromatic nitrogens is 1. The average molecular weight is 508 g/mol. The van der Waals surface area contributed by atoms with E-state index in [1.807, 2.05) is 43.8 Å². The maximum absolute atomic E-state index is 12.2. The van der Waals surface area contributed by atoms with Gasteiger partial charge in [0.2, 0.25) is 5.91 Å². The van der Waals surface area contributed by atoms with E-state index in [1.165, 1.54) is 6.42 Å². The van der Waals surface area contributed by atoms with Crippen LogP contribution in [0.15, 0.2) is 42.5 Å². The number of benzene rings is 2. The molecule has 2 fully saturated rings. The SMILES string of the molecule is CC(C)CC(=O)Nc1ccc(-c2c(N)c3ccc(OCCSC4CCOC4)cc3n2C2CCC2)cc1. The number of thioether (sulfide) groups is 1. The first kappa shape index (κ1) is 25.0. The van der Waals surface area contributed by atoms with Crippen LogP contribution < -0.4 is 15.8 Å². The highest BCUT2D eigenvalue weighted by atomic mass is 32.2. The lowest BCUT2D eigenvalue weighted by molar-refractivity contribution is -0.116. The van der Waals surface area contributed by atoms with Crippen molar-refractivity contribution < 1.29 is 14.3 Å². The maximum Gasteiger partial charge on any atom is 0.224 e. The van der Waals surface area contributed by atoms with Crippen LogP contribution in [0.1, 0.15) is 52.0 Å². The quantitative estimate of drug-likeness (QED) is 0.306. The molecule has 0 bridgehead atoms. The fraction of sp³-hybridized carbons (Fsp3) is 0.483. The van der Waals surface area contributed by atoms with E-state index in [1.54, 1.807) is 0 Å². The number of hydrogen-bond acceptors (Lipinski definition) is 5. The van der Waals surface area contributed by atoms with Gasteiger partial charge >= 0.3 is 0 Å². The number of carbonyl (C=O) groups is 1. The summed E-state index contributed by atoms with van der Waals surface area (Å²) in [6.07, 6.45) is 5.21.